The lowest BCUT2D eigenvalue weighted by Crippen LogP contribution is -2.37. The van der Waals surface area contributed by atoms with Gasteiger partial charge in [-0.3, -0.25) is 0 Å². The van der Waals surface area contributed by atoms with Crippen molar-refractivity contribution in [2.45, 2.75) is 13.0 Å². The Morgan fingerprint density at radius 3 is 2.87 bits per heavy atom. The molecule has 5 heteroatoms. The zero-order chi connectivity index (χ0) is 10.8. The van der Waals surface area contributed by atoms with E-state index in [0.29, 0.717) is 18.3 Å². The zero-order valence-corrected chi connectivity index (χ0v) is 8.85. The van der Waals surface area contributed by atoms with Gasteiger partial charge < -0.3 is 9.64 Å². The molecule has 2 heterocycles. The molecule has 0 aliphatic carbocycles. The molecular formula is C10H14FN3O. The minimum atomic E-state index is -0.501. The van der Waals surface area contributed by atoms with E-state index in [4.69, 9.17) is 4.74 Å². The second-order valence-corrected chi connectivity index (χ2v) is 3.89. The highest BCUT2D eigenvalue weighted by Crippen LogP contribution is 2.22. The number of ether oxygens (including phenoxy) is 1. The number of rotatable bonds is 2. The van der Waals surface area contributed by atoms with Crippen molar-refractivity contribution in [3.8, 4) is 0 Å². The van der Waals surface area contributed by atoms with E-state index in [-0.39, 0.29) is 6.04 Å². The van der Waals surface area contributed by atoms with Crippen LogP contribution in [-0.4, -0.2) is 36.3 Å². The standard InChI is InChI=1S/C10H14FN3O/c1-7-4-15-5-8(7)14(2)10-3-9(11)12-6-13-10/h3,6-8H,4-5H2,1-2H3. The number of hydrogen-bond donors (Lipinski definition) is 0. The third-order valence-electron chi connectivity index (χ3n) is 2.80. The molecule has 0 spiro atoms. The Balaban J connectivity index is 2.16. The van der Waals surface area contributed by atoms with Gasteiger partial charge in [0.25, 0.3) is 0 Å². The second kappa shape index (κ2) is 4.10. The van der Waals surface area contributed by atoms with Crippen molar-refractivity contribution in [2.24, 2.45) is 5.92 Å². The molecule has 1 aromatic heterocycles. The summed E-state index contributed by atoms with van der Waals surface area (Å²) in [5.41, 5.74) is 0. The lowest BCUT2D eigenvalue weighted by atomic mass is 10.1. The van der Waals surface area contributed by atoms with Crippen molar-refractivity contribution in [1.29, 1.82) is 0 Å². The molecule has 1 fully saturated rings. The van der Waals surface area contributed by atoms with Crippen LogP contribution < -0.4 is 4.90 Å². The fraction of sp³-hybridized carbons (Fsp3) is 0.600. The fourth-order valence-corrected chi connectivity index (χ4v) is 1.83. The van der Waals surface area contributed by atoms with Gasteiger partial charge in [0, 0.05) is 19.0 Å². The molecule has 2 rings (SSSR count). The maximum atomic E-state index is 12.9. The van der Waals surface area contributed by atoms with Gasteiger partial charge in [0.05, 0.1) is 19.3 Å². The van der Waals surface area contributed by atoms with Crippen LogP contribution in [0.3, 0.4) is 0 Å². The maximum Gasteiger partial charge on any atom is 0.218 e. The van der Waals surface area contributed by atoms with E-state index in [2.05, 4.69) is 16.9 Å². The van der Waals surface area contributed by atoms with E-state index < -0.39 is 5.95 Å². The first kappa shape index (κ1) is 10.3. The Kier molecular flexibility index (Phi) is 2.81. The first-order valence-electron chi connectivity index (χ1n) is 4.96. The third-order valence-corrected chi connectivity index (χ3v) is 2.80. The molecule has 0 N–H and O–H groups in total. The SMILES string of the molecule is CC1COCC1N(C)c1cc(F)ncn1. The van der Waals surface area contributed by atoms with E-state index in [9.17, 15) is 4.39 Å². The van der Waals surface area contributed by atoms with Crippen LogP contribution in [0.25, 0.3) is 0 Å². The van der Waals surface area contributed by atoms with Gasteiger partial charge in [-0.05, 0) is 0 Å². The van der Waals surface area contributed by atoms with Gasteiger partial charge in [-0.2, -0.15) is 4.39 Å². The van der Waals surface area contributed by atoms with Crippen molar-refractivity contribution in [2.75, 3.05) is 25.2 Å². The highest BCUT2D eigenvalue weighted by Gasteiger charge is 2.28. The minimum Gasteiger partial charge on any atom is -0.379 e. The number of halogens is 1. The van der Waals surface area contributed by atoms with Crippen molar-refractivity contribution >= 4 is 5.82 Å². The van der Waals surface area contributed by atoms with Gasteiger partial charge in [0.15, 0.2) is 0 Å². The topological polar surface area (TPSA) is 38.2 Å². The van der Waals surface area contributed by atoms with Gasteiger partial charge in [-0.15, -0.1) is 0 Å². The lowest BCUT2D eigenvalue weighted by molar-refractivity contribution is 0.186. The average Bonchev–Trinajstić information content (AvgIpc) is 2.63. The van der Waals surface area contributed by atoms with Crippen LogP contribution in [-0.2, 0) is 4.74 Å². The summed E-state index contributed by atoms with van der Waals surface area (Å²) >= 11 is 0. The highest BCUT2D eigenvalue weighted by molar-refractivity contribution is 5.37. The van der Waals surface area contributed by atoms with E-state index >= 15 is 0 Å². The Morgan fingerprint density at radius 2 is 2.27 bits per heavy atom. The smallest absolute Gasteiger partial charge is 0.218 e. The molecule has 0 aromatic carbocycles. The summed E-state index contributed by atoms with van der Waals surface area (Å²) in [5, 5.41) is 0. The Bertz CT molecular complexity index is 347. The third kappa shape index (κ3) is 2.07. The van der Waals surface area contributed by atoms with Crippen LogP contribution in [0.2, 0.25) is 0 Å². The summed E-state index contributed by atoms with van der Waals surface area (Å²) in [6.45, 7) is 3.54. The summed E-state index contributed by atoms with van der Waals surface area (Å²) < 4.78 is 18.3. The molecule has 4 nitrogen and oxygen atoms in total. The van der Waals surface area contributed by atoms with E-state index in [1.165, 1.54) is 12.4 Å². The molecule has 2 atom stereocenters. The molecular weight excluding hydrogens is 197 g/mol. The van der Waals surface area contributed by atoms with Gasteiger partial charge >= 0.3 is 0 Å². The number of anilines is 1. The van der Waals surface area contributed by atoms with Crippen LogP contribution >= 0.6 is 0 Å². The summed E-state index contributed by atoms with van der Waals surface area (Å²) in [6, 6.07) is 1.60. The fourth-order valence-electron chi connectivity index (χ4n) is 1.83. The predicted molar refractivity (Wildman–Crippen MR) is 54.2 cm³/mol. The molecule has 1 saturated heterocycles. The van der Waals surface area contributed by atoms with Crippen molar-refractivity contribution in [3.05, 3.63) is 18.3 Å². The van der Waals surface area contributed by atoms with Crippen LogP contribution in [0.5, 0.6) is 0 Å². The highest BCUT2D eigenvalue weighted by atomic mass is 19.1. The summed E-state index contributed by atoms with van der Waals surface area (Å²) in [6.07, 6.45) is 1.24. The number of nitrogens with zero attached hydrogens (tertiary/aromatic N) is 3. The normalized spacial score (nSPS) is 25.5. The van der Waals surface area contributed by atoms with Gasteiger partial charge in [-0.1, -0.05) is 6.92 Å². The number of likely N-dealkylation sites (N-methyl/N-ethyl adjacent to an activating group) is 1. The van der Waals surface area contributed by atoms with Crippen molar-refractivity contribution in [3.63, 3.8) is 0 Å². The zero-order valence-electron chi connectivity index (χ0n) is 8.85. The molecule has 2 unspecified atom stereocenters. The largest absolute Gasteiger partial charge is 0.379 e. The van der Waals surface area contributed by atoms with Crippen LogP contribution in [0.15, 0.2) is 12.4 Å². The first-order valence-corrected chi connectivity index (χ1v) is 4.96. The number of aromatic nitrogens is 2. The lowest BCUT2D eigenvalue weighted by Gasteiger charge is -2.27. The van der Waals surface area contributed by atoms with Gasteiger partial charge in [-0.25, -0.2) is 9.97 Å². The first-order chi connectivity index (χ1) is 7.18. The summed E-state index contributed by atoms with van der Waals surface area (Å²) in [7, 11) is 1.90. The minimum absolute atomic E-state index is 0.263. The molecule has 0 amide bonds. The molecule has 1 aliphatic heterocycles. The monoisotopic (exact) mass is 211 g/mol. The van der Waals surface area contributed by atoms with Gasteiger partial charge in [0.2, 0.25) is 5.95 Å². The van der Waals surface area contributed by atoms with Gasteiger partial charge in [0.1, 0.15) is 12.1 Å². The van der Waals surface area contributed by atoms with E-state index in [1.807, 2.05) is 11.9 Å². The number of hydrogen-bond acceptors (Lipinski definition) is 4. The molecule has 82 valence electrons. The van der Waals surface area contributed by atoms with E-state index in [1.54, 1.807) is 0 Å². The molecule has 1 aromatic rings. The van der Waals surface area contributed by atoms with Crippen LogP contribution in [0.4, 0.5) is 10.2 Å². The molecule has 1 aliphatic rings. The Morgan fingerprint density at radius 1 is 1.47 bits per heavy atom. The summed E-state index contributed by atoms with van der Waals surface area (Å²) in [4.78, 5) is 9.42. The summed E-state index contributed by atoms with van der Waals surface area (Å²) in [5.74, 6) is 0.538. The van der Waals surface area contributed by atoms with Crippen LogP contribution in [0.1, 0.15) is 6.92 Å². The maximum absolute atomic E-state index is 12.9. The average molecular weight is 211 g/mol. The molecule has 0 bridgehead atoms. The van der Waals surface area contributed by atoms with E-state index in [0.717, 1.165) is 6.61 Å². The molecule has 0 saturated carbocycles. The Labute approximate surface area is 88.1 Å². The quantitative estimate of drug-likeness (QED) is 0.686. The molecule has 0 radical (unpaired) electrons. The van der Waals surface area contributed by atoms with Crippen molar-refractivity contribution in [1.82, 2.24) is 9.97 Å². The second-order valence-electron chi connectivity index (χ2n) is 3.89. The predicted octanol–water partition coefficient (Wildman–Crippen LogP) is 1.09. The molecule has 15 heavy (non-hydrogen) atoms. The van der Waals surface area contributed by atoms with Crippen molar-refractivity contribution < 1.29 is 9.13 Å². The Hall–Kier alpha value is -1.23. The van der Waals surface area contributed by atoms with Crippen LogP contribution in [0, 0.1) is 11.9 Å².